The predicted octanol–water partition coefficient (Wildman–Crippen LogP) is 1.54. The lowest BCUT2D eigenvalue weighted by Gasteiger charge is -2.33. The lowest BCUT2D eigenvalue weighted by atomic mass is 9.91. The van der Waals surface area contributed by atoms with Crippen molar-refractivity contribution in [2.45, 2.75) is 25.8 Å². The van der Waals surface area contributed by atoms with Crippen molar-refractivity contribution in [3.8, 4) is 0 Å². The molecular weight excluding hydrogens is 284 g/mol. The Bertz CT molecular complexity index is 481. The summed E-state index contributed by atoms with van der Waals surface area (Å²) < 4.78 is 0. The second-order valence-electron chi connectivity index (χ2n) is 5.02. The molecule has 8 heteroatoms. The van der Waals surface area contributed by atoms with Gasteiger partial charge in [-0.05, 0) is 25.7 Å². The first-order valence-electron chi connectivity index (χ1n) is 6.36. The molecule has 1 aliphatic rings. The second kappa shape index (κ2) is 6.71. The molecule has 0 aliphatic carbocycles. The Kier molecular flexibility index (Phi) is 5.52. The maximum Gasteiger partial charge on any atom is 0.287 e. The number of nitrogens with two attached hydrogens (primary N) is 1. The molecule has 0 saturated carbocycles. The number of halogens is 1. The molecular formula is C12H19ClN4O3. The van der Waals surface area contributed by atoms with Crippen molar-refractivity contribution >= 4 is 24.0 Å². The molecule has 0 spiro atoms. The lowest BCUT2D eigenvalue weighted by Crippen LogP contribution is -2.42. The van der Waals surface area contributed by atoms with Crippen LogP contribution in [0.15, 0.2) is 12.3 Å². The highest BCUT2D eigenvalue weighted by Crippen LogP contribution is 2.21. The van der Waals surface area contributed by atoms with Crippen molar-refractivity contribution in [2.75, 3.05) is 13.1 Å². The minimum absolute atomic E-state index is 0. The monoisotopic (exact) mass is 302 g/mol. The van der Waals surface area contributed by atoms with E-state index in [1.165, 1.54) is 12.3 Å². The van der Waals surface area contributed by atoms with Gasteiger partial charge < -0.3 is 15.6 Å². The number of aromatic nitrogens is 1. The first kappa shape index (κ1) is 16.5. The van der Waals surface area contributed by atoms with Gasteiger partial charge in [-0.25, -0.2) is 0 Å². The molecule has 1 atom stereocenters. The van der Waals surface area contributed by atoms with Crippen LogP contribution in [0.1, 0.15) is 30.3 Å². The summed E-state index contributed by atoms with van der Waals surface area (Å²) in [6, 6.07) is 1.42. The summed E-state index contributed by atoms with van der Waals surface area (Å²) in [6.07, 6.45) is 3.00. The van der Waals surface area contributed by atoms with Crippen LogP contribution in [-0.2, 0) is 0 Å². The zero-order chi connectivity index (χ0) is 14.0. The molecule has 1 aromatic rings. The molecule has 1 aliphatic heterocycles. The summed E-state index contributed by atoms with van der Waals surface area (Å²) in [4.78, 5) is 26.6. The predicted molar refractivity (Wildman–Crippen MR) is 77.0 cm³/mol. The smallest absolute Gasteiger partial charge is 0.287 e. The van der Waals surface area contributed by atoms with Crippen LogP contribution in [0.3, 0.4) is 0 Å². The highest BCUT2D eigenvalue weighted by atomic mass is 35.5. The number of aromatic amines is 1. The third-order valence-corrected chi connectivity index (χ3v) is 3.68. The molecule has 1 saturated heterocycles. The fourth-order valence-corrected chi connectivity index (χ4v) is 2.41. The molecule has 20 heavy (non-hydrogen) atoms. The van der Waals surface area contributed by atoms with E-state index in [0.717, 1.165) is 12.8 Å². The van der Waals surface area contributed by atoms with Gasteiger partial charge in [0.2, 0.25) is 0 Å². The van der Waals surface area contributed by atoms with Crippen molar-refractivity contribution in [1.29, 1.82) is 0 Å². The van der Waals surface area contributed by atoms with Crippen LogP contribution >= 0.6 is 12.4 Å². The number of amides is 1. The number of carbonyl (C=O) groups is 1. The van der Waals surface area contributed by atoms with E-state index < -0.39 is 4.92 Å². The maximum atomic E-state index is 12.2. The van der Waals surface area contributed by atoms with E-state index in [1.54, 1.807) is 4.90 Å². The van der Waals surface area contributed by atoms with Crippen LogP contribution in [-0.4, -0.2) is 39.8 Å². The van der Waals surface area contributed by atoms with Crippen molar-refractivity contribution in [1.82, 2.24) is 9.88 Å². The Hall–Kier alpha value is -1.60. The molecule has 1 amide bonds. The normalized spacial score (nSPS) is 17.4. The number of likely N-dealkylation sites (tertiary alicyclic amines) is 1. The summed E-state index contributed by atoms with van der Waals surface area (Å²) in [6.45, 7) is 3.28. The number of hydrogen-bond donors (Lipinski definition) is 2. The van der Waals surface area contributed by atoms with E-state index >= 15 is 0 Å². The van der Waals surface area contributed by atoms with Crippen LogP contribution < -0.4 is 5.73 Å². The summed E-state index contributed by atoms with van der Waals surface area (Å²) in [5, 5.41) is 10.6. The SMILES string of the molecule is CC(N)C1CCN(C(=O)c2cc([N+](=O)[O-])c[nH]2)CC1.Cl. The van der Waals surface area contributed by atoms with Crippen LogP contribution in [0, 0.1) is 16.0 Å². The molecule has 112 valence electrons. The number of piperidine rings is 1. The quantitative estimate of drug-likeness (QED) is 0.652. The van der Waals surface area contributed by atoms with E-state index in [1.807, 2.05) is 6.92 Å². The van der Waals surface area contributed by atoms with Gasteiger partial charge in [0.1, 0.15) is 5.69 Å². The van der Waals surface area contributed by atoms with Crippen molar-refractivity contribution < 1.29 is 9.72 Å². The second-order valence-corrected chi connectivity index (χ2v) is 5.02. The topological polar surface area (TPSA) is 105 Å². The van der Waals surface area contributed by atoms with E-state index in [0.29, 0.717) is 19.0 Å². The van der Waals surface area contributed by atoms with Gasteiger partial charge in [-0.1, -0.05) is 0 Å². The van der Waals surface area contributed by atoms with Gasteiger partial charge in [-0.3, -0.25) is 14.9 Å². The number of carbonyl (C=O) groups excluding carboxylic acids is 1. The molecule has 2 rings (SSSR count). The van der Waals surface area contributed by atoms with Crippen molar-refractivity contribution in [2.24, 2.45) is 11.7 Å². The maximum absolute atomic E-state index is 12.2. The Labute approximate surface area is 123 Å². The van der Waals surface area contributed by atoms with Gasteiger partial charge in [0, 0.05) is 25.2 Å². The van der Waals surface area contributed by atoms with Crippen LogP contribution in [0.25, 0.3) is 0 Å². The van der Waals surface area contributed by atoms with E-state index in [2.05, 4.69) is 4.98 Å². The summed E-state index contributed by atoms with van der Waals surface area (Å²) in [5.41, 5.74) is 6.03. The molecule has 0 radical (unpaired) electrons. The number of nitrogens with one attached hydrogen (secondary N) is 1. The third kappa shape index (κ3) is 3.49. The number of nitrogens with zero attached hydrogens (tertiary/aromatic N) is 2. The van der Waals surface area contributed by atoms with Gasteiger partial charge in [0.05, 0.1) is 11.1 Å². The zero-order valence-corrected chi connectivity index (χ0v) is 12.1. The summed E-state index contributed by atoms with van der Waals surface area (Å²) >= 11 is 0. The number of nitro groups is 1. The van der Waals surface area contributed by atoms with Gasteiger partial charge in [-0.15, -0.1) is 12.4 Å². The largest absolute Gasteiger partial charge is 0.351 e. The molecule has 0 aromatic carbocycles. The molecule has 0 bridgehead atoms. The number of H-pyrrole nitrogens is 1. The molecule has 1 unspecified atom stereocenters. The van der Waals surface area contributed by atoms with E-state index in [4.69, 9.17) is 5.73 Å². The van der Waals surface area contributed by atoms with Crippen LogP contribution in [0.2, 0.25) is 0 Å². The molecule has 7 nitrogen and oxygen atoms in total. The zero-order valence-electron chi connectivity index (χ0n) is 11.2. The Morgan fingerprint density at radius 3 is 2.60 bits per heavy atom. The summed E-state index contributed by atoms with van der Waals surface area (Å²) in [7, 11) is 0. The average molecular weight is 303 g/mol. The Morgan fingerprint density at radius 1 is 1.55 bits per heavy atom. The van der Waals surface area contributed by atoms with Gasteiger partial charge in [0.15, 0.2) is 0 Å². The van der Waals surface area contributed by atoms with Crippen LogP contribution in [0.4, 0.5) is 5.69 Å². The van der Waals surface area contributed by atoms with Gasteiger partial charge in [0.25, 0.3) is 11.6 Å². The first-order valence-corrected chi connectivity index (χ1v) is 6.36. The fraction of sp³-hybridized carbons (Fsp3) is 0.583. The minimum atomic E-state index is -0.518. The number of rotatable bonds is 3. The Morgan fingerprint density at radius 2 is 2.15 bits per heavy atom. The highest BCUT2D eigenvalue weighted by Gasteiger charge is 2.26. The molecule has 1 aromatic heterocycles. The minimum Gasteiger partial charge on any atom is -0.351 e. The lowest BCUT2D eigenvalue weighted by molar-refractivity contribution is -0.384. The van der Waals surface area contributed by atoms with Crippen molar-refractivity contribution in [3.05, 3.63) is 28.1 Å². The van der Waals surface area contributed by atoms with E-state index in [-0.39, 0.29) is 35.7 Å². The molecule has 2 heterocycles. The average Bonchev–Trinajstić information content (AvgIpc) is 2.87. The Balaban J connectivity index is 0.00000200. The third-order valence-electron chi connectivity index (χ3n) is 3.68. The van der Waals surface area contributed by atoms with Crippen molar-refractivity contribution in [3.63, 3.8) is 0 Å². The molecule has 3 N–H and O–H groups in total. The highest BCUT2D eigenvalue weighted by molar-refractivity contribution is 5.93. The standard InChI is InChI=1S/C12H18N4O3.ClH/c1-8(13)9-2-4-15(5-3-9)12(17)11-6-10(7-14-11)16(18)19;/h6-9,14H,2-5,13H2,1H3;1H. The first-order chi connectivity index (χ1) is 8.99. The van der Waals surface area contributed by atoms with Gasteiger partial charge >= 0.3 is 0 Å². The number of hydrogen-bond acceptors (Lipinski definition) is 4. The summed E-state index contributed by atoms with van der Waals surface area (Å²) in [5.74, 6) is 0.262. The van der Waals surface area contributed by atoms with E-state index in [9.17, 15) is 14.9 Å². The van der Waals surface area contributed by atoms with Crippen LogP contribution in [0.5, 0.6) is 0 Å². The fourth-order valence-electron chi connectivity index (χ4n) is 2.41. The molecule has 1 fully saturated rings. The van der Waals surface area contributed by atoms with Gasteiger partial charge in [-0.2, -0.15) is 0 Å².